The lowest BCUT2D eigenvalue weighted by Crippen LogP contribution is -2.45. The molecule has 1 fully saturated rings. The number of hydrogen-bond donors (Lipinski definition) is 2. The first-order chi connectivity index (χ1) is 16.2. The minimum absolute atomic E-state index is 0.917. The van der Waals surface area contributed by atoms with Gasteiger partial charge in [0.2, 0.25) is 0 Å². The average molecular weight is 438 g/mol. The van der Waals surface area contributed by atoms with Crippen LogP contribution >= 0.6 is 0 Å². The third kappa shape index (κ3) is 5.69. The fraction of sp³-hybridized carbons (Fsp3) is 0.250. The molecule has 1 aliphatic heterocycles. The van der Waals surface area contributed by atoms with Gasteiger partial charge < -0.3 is 14.8 Å². The molecule has 33 heavy (non-hydrogen) atoms. The van der Waals surface area contributed by atoms with Crippen molar-refractivity contribution in [3.8, 4) is 0 Å². The molecule has 3 heterocycles. The third-order valence-electron chi connectivity index (χ3n) is 6.39. The summed E-state index contributed by atoms with van der Waals surface area (Å²) in [4.78, 5) is 8.22. The van der Waals surface area contributed by atoms with Crippen LogP contribution in [0.4, 0.5) is 0 Å². The third-order valence-corrected chi connectivity index (χ3v) is 6.39. The molecule has 1 saturated heterocycles. The van der Waals surface area contributed by atoms with Gasteiger partial charge in [-0.15, -0.1) is 0 Å². The zero-order chi connectivity index (χ0) is 22.5. The van der Waals surface area contributed by atoms with E-state index in [9.17, 15) is 0 Å². The zero-order valence-electron chi connectivity index (χ0n) is 19.2. The molecule has 0 bridgehead atoms. The molecule has 2 aromatic carbocycles. The van der Waals surface area contributed by atoms with E-state index in [0.717, 1.165) is 35.4 Å². The highest BCUT2D eigenvalue weighted by atomic mass is 15.2. The Hall–Kier alpha value is -3.41. The second kappa shape index (κ2) is 10.0. The van der Waals surface area contributed by atoms with Crippen molar-refractivity contribution >= 4 is 35.2 Å². The summed E-state index contributed by atoms with van der Waals surface area (Å²) >= 11 is 0. The fourth-order valence-electron chi connectivity index (χ4n) is 4.21. The SMILES string of the molecule is CN1CCN(CCc2ccc(/C=C/c3cc(/C=C/c4ccc5cc[nH]c5c4)n[nH]3)cc2)CC1. The summed E-state index contributed by atoms with van der Waals surface area (Å²) in [6.45, 7) is 5.86. The Morgan fingerprint density at radius 3 is 2.48 bits per heavy atom. The second-order valence-electron chi connectivity index (χ2n) is 8.88. The van der Waals surface area contributed by atoms with Crippen LogP contribution in [0.3, 0.4) is 0 Å². The lowest BCUT2D eigenvalue weighted by Gasteiger charge is -2.32. The molecular weight excluding hydrogens is 406 g/mol. The summed E-state index contributed by atoms with van der Waals surface area (Å²) in [5.74, 6) is 0. The number of nitrogens with zero attached hydrogens (tertiary/aromatic N) is 3. The molecule has 2 N–H and O–H groups in total. The standard InChI is InChI=1S/C28H31N5/c1-32-16-18-33(19-17-32)15-13-23-4-2-22(3-5-23)7-10-26-21-27(31-30-26)11-8-24-6-9-25-12-14-29-28(25)20-24/h2-12,14,20-21,29H,13,15-19H2,1H3,(H,30,31)/b10-7+,11-8+. The van der Waals surface area contributed by atoms with E-state index in [1.807, 2.05) is 12.3 Å². The quantitative estimate of drug-likeness (QED) is 0.427. The number of benzene rings is 2. The number of nitrogens with one attached hydrogen (secondary N) is 2. The molecule has 5 nitrogen and oxygen atoms in total. The summed E-state index contributed by atoms with van der Waals surface area (Å²) in [6, 6.07) is 19.4. The zero-order valence-corrected chi connectivity index (χ0v) is 19.2. The van der Waals surface area contributed by atoms with E-state index in [-0.39, 0.29) is 0 Å². The molecule has 0 aliphatic carbocycles. The van der Waals surface area contributed by atoms with E-state index in [0.29, 0.717) is 0 Å². The van der Waals surface area contributed by atoms with Crippen molar-refractivity contribution in [2.45, 2.75) is 6.42 Å². The van der Waals surface area contributed by atoms with Gasteiger partial charge in [0.05, 0.1) is 11.4 Å². The van der Waals surface area contributed by atoms with Crippen LogP contribution in [0, 0.1) is 0 Å². The van der Waals surface area contributed by atoms with Crippen molar-refractivity contribution < 1.29 is 0 Å². The summed E-state index contributed by atoms with van der Waals surface area (Å²) in [5, 5.41) is 8.74. The molecule has 1 aliphatic rings. The minimum atomic E-state index is 0.917. The number of likely N-dealkylation sites (N-methyl/N-ethyl adjacent to an activating group) is 1. The molecule has 0 amide bonds. The molecule has 0 unspecified atom stereocenters. The number of aromatic amines is 2. The van der Waals surface area contributed by atoms with Crippen LogP contribution in [-0.4, -0.2) is 64.8 Å². The summed E-state index contributed by atoms with van der Waals surface area (Å²) in [6.07, 6.45) is 11.4. The number of rotatable bonds is 7. The number of fused-ring (bicyclic) bond motifs is 1. The summed E-state index contributed by atoms with van der Waals surface area (Å²) in [7, 11) is 2.20. The first-order valence-electron chi connectivity index (χ1n) is 11.7. The molecule has 5 heteroatoms. The summed E-state index contributed by atoms with van der Waals surface area (Å²) < 4.78 is 0. The molecular formula is C28H31N5. The van der Waals surface area contributed by atoms with Gasteiger partial charge in [-0.25, -0.2) is 0 Å². The highest BCUT2D eigenvalue weighted by Crippen LogP contribution is 2.17. The van der Waals surface area contributed by atoms with Gasteiger partial charge in [-0.1, -0.05) is 48.6 Å². The molecule has 5 rings (SSSR count). The number of aromatic nitrogens is 3. The van der Waals surface area contributed by atoms with Crippen LogP contribution < -0.4 is 0 Å². The van der Waals surface area contributed by atoms with E-state index in [4.69, 9.17) is 0 Å². The molecule has 0 radical (unpaired) electrons. The van der Waals surface area contributed by atoms with Gasteiger partial charge in [-0.3, -0.25) is 5.10 Å². The summed E-state index contributed by atoms with van der Waals surface area (Å²) in [5.41, 5.74) is 6.81. The maximum Gasteiger partial charge on any atom is 0.0854 e. The fourth-order valence-corrected chi connectivity index (χ4v) is 4.21. The van der Waals surface area contributed by atoms with Gasteiger partial charge in [0.15, 0.2) is 0 Å². The topological polar surface area (TPSA) is 50.9 Å². The number of piperazine rings is 1. The van der Waals surface area contributed by atoms with Crippen LogP contribution in [0.25, 0.3) is 35.2 Å². The maximum absolute atomic E-state index is 4.40. The van der Waals surface area contributed by atoms with Crippen LogP contribution in [-0.2, 0) is 6.42 Å². The molecule has 0 spiro atoms. The number of hydrogen-bond acceptors (Lipinski definition) is 3. The lowest BCUT2D eigenvalue weighted by atomic mass is 10.1. The van der Waals surface area contributed by atoms with Gasteiger partial charge in [0, 0.05) is 44.4 Å². The van der Waals surface area contributed by atoms with Crippen LogP contribution in [0.15, 0.2) is 60.8 Å². The van der Waals surface area contributed by atoms with Gasteiger partial charge in [-0.05, 0) is 65.9 Å². The first kappa shape index (κ1) is 21.4. The van der Waals surface area contributed by atoms with Crippen molar-refractivity contribution in [1.29, 1.82) is 0 Å². The highest BCUT2D eigenvalue weighted by Gasteiger charge is 2.12. The molecule has 0 atom stereocenters. The van der Waals surface area contributed by atoms with Gasteiger partial charge >= 0.3 is 0 Å². The van der Waals surface area contributed by atoms with E-state index in [1.54, 1.807) is 0 Å². The maximum atomic E-state index is 4.40. The molecule has 0 saturated carbocycles. The van der Waals surface area contributed by atoms with Crippen LogP contribution in [0.5, 0.6) is 0 Å². The second-order valence-corrected chi connectivity index (χ2v) is 8.88. The Morgan fingerprint density at radius 1 is 0.848 bits per heavy atom. The Bertz CT molecular complexity index is 1240. The van der Waals surface area contributed by atoms with Gasteiger partial charge in [0.25, 0.3) is 0 Å². The van der Waals surface area contributed by atoms with Crippen molar-refractivity contribution in [3.63, 3.8) is 0 Å². The Kier molecular flexibility index (Phi) is 6.51. The molecule has 168 valence electrons. The van der Waals surface area contributed by atoms with E-state index >= 15 is 0 Å². The predicted octanol–water partition coefficient (Wildman–Crippen LogP) is 5.02. The average Bonchev–Trinajstić information content (AvgIpc) is 3.51. The molecule has 4 aromatic rings. The first-order valence-corrected chi connectivity index (χ1v) is 11.7. The Balaban J connectivity index is 1.14. The predicted molar refractivity (Wildman–Crippen MR) is 139 cm³/mol. The Morgan fingerprint density at radius 2 is 1.64 bits per heavy atom. The van der Waals surface area contributed by atoms with Crippen molar-refractivity contribution in [2.24, 2.45) is 0 Å². The van der Waals surface area contributed by atoms with E-state index in [2.05, 4.69) is 105 Å². The van der Waals surface area contributed by atoms with Gasteiger partial charge in [-0.2, -0.15) is 5.10 Å². The smallest absolute Gasteiger partial charge is 0.0854 e. The largest absolute Gasteiger partial charge is 0.361 e. The highest BCUT2D eigenvalue weighted by molar-refractivity contribution is 5.83. The normalized spacial score (nSPS) is 15.9. The van der Waals surface area contributed by atoms with Crippen molar-refractivity contribution in [1.82, 2.24) is 25.0 Å². The van der Waals surface area contributed by atoms with E-state index < -0.39 is 0 Å². The van der Waals surface area contributed by atoms with Crippen LogP contribution in [0.2, 0.25) is 0 Å². The monoisotopic (exact) mass is 437 g/mol. The number of H-pyrrole nitrogens is 2. The van der Waals surface area contributed by atoms with E-state index in [1.165, 1.54) is 42.7 Å². The van der Waals surface area contributed by atoms with Crippen LogP contribution in [0.1, 0.15) is 28.1 Å². The lowest BCUT2D eigenvalue weighted by molar-refractivity contribution is 0.155. The Labute approximate surface area is 195 Å². The van der Waals surface area contributed by atoms with Crippen molar-refractivity contribution in [3.05, 3.63) is 88.9 Å². The van der Waals surface area contributed by atoms with Crippen molar-refractivity contribution in [2.75, 3.05) is 39.8 Å². The minimum Gasteiger partial charge on any atom is -0.361 e. The molecule has 2 aromatic heterocycles. The van der Waals surface area contributed by atoms with Gasteiger partial charge in [0.1, 0.15) is 0 Å².